The largest absolute Gasteiger partial charge is 0.336 e. The first-order valence-corrected chi connectivity index (χ1v) is 7.66. The van der Waals surface area contributed by atoms with Gasteiger partial charge in [0, 0.05) is 36.1 Å². The zero-order valence-electron chi connectivity index (χ0n) is 11.4. The summed E-state index contributed by atoms with van der Waals surface area (Å²) in [5.74, 6) is 0.0961. The molecule has 1 N–H and O–H groups in total. The molecule has 3 rings (SSSR count). The van der Waals surface area contributed by atoms with Crippen LogP contribution in [0.4, 0.5) is 0 Å². The van der Waals surface area contributed by atoms with Crippen LogP contribution in [0.15, 0.2) is 11.4 Å². The van der Waals surface area contributed by atoms with Crippen LogP contribution in [-0.4, -0.2) is 41.8 Å². The first kappa shape index (κ1) is 15.5. The maximum absolute atomic E-state index is 12.5. The van der Waals surface area contributed by atoms with Crippen LogP contribution in [0.2, 0.25) is 0 Å². The zero-order valence-corrected chi connectivity index (χ0v) is 13.1. The third-order valence-electron chi connectivity index (χ3n) is 4.03. The molecule has 0 radical (unpaired) electrons. The number of nitrogens with one attached hydrogen (secondary N) is 1. The van der Waals surface area contributed by atoms with Crippen LogP contribution in [0.3, 0.4) is 0 Å². The quantitative estimate of drug-likeness (QED) is 0.852. The molecule has 2 unspecified atom stereocenters. The minimum absolute atomic E-state index is 0. The van der Waals surface area contributed by atoms with Crippen LogP contribution in [0.1, 0.15) is 46.2 Å². The first-order chi connectivity index (χ1) is 9.13. The summed E-state index contributed by atoms with van der Waals surface area (Å²) < 4.78 is 0. The van der Waals surface area contributed by atoms with Crippen molar-refractivity contribution in [1.29, 1.82) is 0 Å². The number of ketones is 1. The van der Waals surface area contributed by atoms with Gasteiger partial charge in [-0.3, -0.25) is 9.59 Å². The van der Waals surface area contributed by atoms with Crippen LogP contribution < -0.4 is 5.32 Å². The van der Waals surface area contributed by atoms with Crippen LogP contribution in [-0.2, 0) is 0 Å². The average Bonchev–Trinajstić information content (AvgIpc) is 2.95. The second kappa shape index (κ2) is 6.24. The first-order valence-electron chi connectivity index (χ1n) is 6.78. The highest BCUT2D eigenvalue weighted by molar-refractivity contribution is 7.12. The fourth-order valence-corrected chi connectivity index (χ4v) is 3.83. The van der Waals surface area contributed by atoms with Gasteiger partial charge in [-0.05, 0) is 32.3 Å². The molecule has 2 atom stereocenters. The highest BCUT2D eigenvalue weighted by Gasteiger charge is 2.31. The summed E-state index contributed by atoms with van der Waals surface area (Å²) in [5, 5.41) is 5.34. The summed E-state index contributed by atoms with van der Waals surface area (Å²) in [6.45, 7) is 3.15. The monoisotopic (exact) mass is 314 g/mol. The summed E-state index contributed by atoms with van der Waals surface area (Å²) in [7, 11) is 0. The molecule has 2 bridgehead atoms. The predicted molar refractivity (Wildman–Crippen MR) is 82.0 cm³/mol. The number of carbonyl (C=O) groups excluding carboxylic acids is 2. The lowest BCUT2D eigenvalue weighted by Gasteiger charge is -2.23. The minimum atomic E-state index is 0. The number of carbonyl (C=O) groups is 2. The lowest BCUT2D eigenvalue weighted by Crippen LogP contribution is -2.38. The number of nitrogens with zero attached hydrogens (tertiary/aromatic N) is 1. The van der Waals surface area contributed by atoms with E-state index in [1.54, 1.807) is 11.4 Å². The summed E-state index contributed by atoms with van der Waals surface area (Å²) in [5.41, 5.74) is 0.641. The number of likely N-dealkylation sites (tertiary alicyclic amines) is 1. The van der Waals surface area contributed by atoms with Crippen molar-refractivity contribution in [3.63, 3.8) is 0 Å². The van der Waals surface area contributed by atoms with Crippen molar-refractivity contribution in [2.75, 3.05) is 13.1 Å². The summed E-state index contributed by atoms with van der Waals surface area (Å²) in [6, 6.07) is 2.76. The van der Waals surface area contributed by atoms with E-state index in [1.165, 1.54) is 24.7 Å². The van der Waals surface area contributed by atoms with Gasteiger partial charge < -0.3 is 10.2 Å². The molecule has 6 heteroatoms. The van der Waals surface area contributed by atoms with E-state index >= 15 is 0 Å². The van der Waals surface area contributed by atoms with E-state index < -0.39 is 0 Å². The fourth-order valence-electron chi connectivity index (χ4n) is 2.92. The number of halogens is 1. The molecule has 0 aliphatic carbocycles. The van der Waals surface area contributed by atoms with E-state index in [-0.39, 0.29) is 24.1 Å². The summed E-state index contributed by atoms with van der Waals surface area (Å²) in [4.78, 5) is 26.4. The molecule has 0 aromatic carbocycles. The molecular weight excluding hydrogens is 296 g/mol. The standard InChI is InChI=1S/C14H18N2O2S.ClH/c1-9(17)10-6-13(19-8-10)14(18)16-5-4-11-2-3-12(7-16)15-11;/h6,8,11-12,15H,2-5,7H2,1H3;1H. The molecule has 2 aliphatic rings. The lowest BCUT2D eigenvalue weighted by molar-refractivity contribution is 0.0753. The van der Waals surface area contributed by atoms with Gasteiger partial charge in [-0.25, -0.2) is 0 Å². The maximum atomic E-state index is 12.5. The maximum Gasteiger partial charge on any atom is 0.263 e. The molecule has 2 aliphatic heterocycles. The van der Waals surface area contributed by atoms with Crippen molar-refractivity contribution < 1.29 is 9.59 Å². The van der Waals surface area contributed by atoms with Crippen LogP contribution in [0.25, 0.3) is 0 Å². The SMILES string of the molecule is CC(=O)c1csc(C(=O)N2CCC3CCC(C2)N3)c1.Cl. The molecule has 2 fully saturated rings. The van der Waals surface area contributed by atoms with Gasteiger partial charge in [-0.1, -0.05) is 0 Å². The molecule has 2 saturated heterocycles. The Labute approximate surface area is 128 Å². The molecule has 1 aromatic heterocycles. The van der Waals surface area contributed by atoms with E-state index in [2.05, 4.69) is 5.32 Å². The van der Waals surface area contributed by atoms with E-state index in [0.29, 0.717) is 22.5 Å². The highest BCUT2D eigenvalue weighted by atomic mass is 35.5. The molecule has 20 heavy (non-hydrogen) atoms. The Kier molecular flexibility index (Phi) is 4.83. The topological polar surface area (TPSA) is 49.4 Å². The lowest BCUT2D eigenvalue weighted by atomic mass is 10.1. The van der Waals surface area contributed by atoms with Gasteiger partial charge >= 0.3 is 0 Å². The third kappa shape index (κ3) is 3.05. The van der Waals surface area contributed by atoms with Gasteiger partial charge in [0.05, 0.1) is 4.88 Å². The number of hydrogen-bond acceptors (Lipinski definition) is 4. The number of thiophene rings is 1. The number of hydrogen-bond donors (Lipinski definition) is 1. The van der Waals surface area contributed by atoms with E-state index in [4.69, 9.17) is 0 Å². The van der Waals surface area contributed by atoms with Crippen molar-refractivity contribution in [2.24, 2.45) is 0 Å². The van der Waals surface area contributed by atoms with Gasteiger partial charge in [-0.2, -0.15) is 0 Å². The Morgan fingerprint density at radius 1 is 1.30 bits per heavy atom. The molecule has 3 heterocycles. The van der Waals surface area contributed by atoms with Gasteiger partial charge in [0.15, 0.2) is 5.78 Å². The Hall–Kier alpha value is -0.910. The Morgan fingerprint density at radius 3 is 2.75 bits per heavy atom. The van der Waals surface area contributed by atoms with Gasteiger partial charge in [0.2, 0.25) is 0 Å². The Bertz CT molecular complexity index is 517. The smallest absolute Gasteiger partial charge is 0.263 e. The predicted octanol–water partition coefficient (Wildman–Crippen LogP) is 2.34. The molecule has 4 nitrogen and oxygen atoms in total. The highest BCUT2D eigenvalue weighted by Crippen LogP contribution is 2.23. The second-order valence-corrected chi connectivity index (χ2v) is 6.34. The van der Waals surface area contributed by atoms with Gasteiger partial charge in [-0.15, -0.1) is 23.7 Å². The summed E-state index contributed by atoms with van der Waals surface area (Å²) in [6.07, 6.45) is 3.44. The minimum Gasteiger partial charge on any atom is -0.336 e. The normalized spacial score (nSPS) is 24.9. The third-order valence-corrected chi connectivity index (χ3v) is 4.95. The molecule has 0 saturated carbocycles. The number of amides is 1. The summed E-state index contributed by atoms with van der Waals surface area (Å²) >= 11 is 1.37. The van der Waals surface area contributed by atoms with Crippen molar-refractivity contribution in [3.05, 3.63) is 21.9 Å². The Balaban J connectivity index is 0.00000147. The zero-order chi connectivity index (χ0) is 13.4. The molecule has 110 valence electrons. The van der Waals surface area contributed by atoms with Gasteiger partial charge in [0.25, 0.3) is 5.91 Å². The number of fused-ring (bicyclic) bond motifs is 2. The van der Waals surface area contributed by atoms with Gasteiger partial charge in [0.1, 0.15) is 0 Å². The average molecular weight is 315 g/mol. The Morgan fingerprint density at radius 2 is 2.05 bits per heavy atom. The number of Topliss-reactive ketones (excluding diaryl/α,β-unsaturated/α-hetero) is 1. The molecular formula is C14H19ClN2O2S. The van der Waals surface area contributed by atoms with Crippen molar-refractivity contribution in [1.82, 2.24) is 10.2 Å². The fraction of sp³-hybridized carbons (Fsp3) is 0.571. The van der Waals surface area contributed by atoms with Crippen molar-refractivity contribution >= 4 is 35.4 Å². The molecule has 0 spiro atoms. The van der Waals surface area contributed by atoms with Crippen molar-refractivity contribution in [3.8, 4) is 0 Å². The number of rotatable bonds is 2. The van der Waals surface area contributed by atoms with E-state index in [1.807, 2.05) is 4.90 Å². The van der Waals surface area contributed by atoms with Crippen molar-refractivity contribution in [2.45, 2.75) is 38.3 Å². The van der Waals surface area contributed by atoms with E-state index in [9.17, 15) is 9.59 Å². The molecule has 1 amide bonds. The van der Waals surface area contributed by atoms with Crippen LogP contribution in [0.5, 0.6) is 0 Å². The van der Waals surface area contributed by atoms with Crippen LogP contribution in [0, 0.1) is 0 Å². The van der Waals surface area contributed by atoms with E-state index in [0.717, 1.165) is 25.9 Å². The molecule has 1 aromatic rings. The van der Waals surface area contributed by atoms with Crippen LogP contribution >= 0.6 is 23.7 Å². The second-order valence-electron chi connectivity index (χ2n) is 5.43.